The van der Waals surface area contributed by atoms with Gasteiger partial charge in [0, 0.05) is 24.0 Å². The summed E-state index contributed by atoms with van der Waals surface area (Å²) in [5.41, 5.74) is 0.274. The summed E-state index contributed by atoms with van der Waals surface area (Å²) in [6, 6.07) is 0.720. The molecule has 2 fully saturated rings. The minimum Gasteiger partial charge on any atom is -0.350 e. The first-order valence-corrected chi connectivity index (χ1v) is 6.58. The van der Waals surface area contributed by atoms with Crippen molar-refractivity contribution in [3.63, 3.8) is 0 Å². The van der Waals surface area contributed by atoms with E-state index in [1.807, 2.05) is 6.20 Å². The number of hydrogen-bond donors (Lipinski definition) is 1. The molecule has 0 spiro atoms. The SMILES string of the molecule is CC1(Nc2nccn2C2CC2)CCCCC1. The monoisotopic (exact) mass is 219 g/mol. The van der Waals surface area contributed by atoms with Crippen LogP contribution in [0.4, 0.5) is 5.95 Å². The fraction of sp³-hybridized carbons (Fsp3) is 0.769. The average molecular weight is 219 g/mol. The lowest BCUT2D eigenvalue weighted by atomic mass is 9.83. The van der Waals surface area contributed by atoms with Gasteiger partial charge in [0.1, 0.15) is 0 Å². The Morgan fingerprint density at radius 3 is 2.75 bits per heavy atom. The predicted molar refractivity (Wildman–Crippen MR) is 65.6 cm³/mol. The predicted octanol–water partition coefficient (Wildman–Crippen LogP) is 3.35. The van der Waals surface area contributed by atoms with E-state index in [0.717, 1.165) is 12.0 Å². The van der Waals surface area contributed by atoms with Crippen molar-refractivity contribution in [2.45, 2.75) is 63.5 Å². The van der Waals surface area contributed by atoms with E-state index >= 15 is 0 Å². The summed E-state index contributed by atoms with van der Waals surface area (Å²) in [5.74, 6) is 1.09. The van der Waals surface area contributed by atoms with Gasteiger partial charge in [-0.25, -0.2) is 4.98 Å². The lowest BCUT2D eigenvalue weighted by Crippen LogP contribution is -2.37. The van der Waals surface area contributed by atoms with Crippen molar-refractivity contribution in [2.75, 3.05) is 5.32 Å². The summed E-state index contributed by atoms with van der Waals surface area (Å²) in [5, 5.41) is 3.68. The second-order valence-corrected chi connectivity index (χ2v) is 5.64. The minimum absolute atomic E-state index is 0.274. The summed E-state index contributed by atoms with van der Waals surface area (Å²) >= 11 is 0. The third kappa shape index (κ3) is 1.95. The molecule has 0 aromatic carbocycles. The number of hydrogen-bond acceptors (Lipinski definition) is 2. The highest BCUT2D eigenvalue weighted by Crippen LogP contribution is 2.38. The third-order valence-corrected chi connectivity index (χ3v) is 3.98. The Morgan fingerprint density at radius 1 is 1.31 bits per heavy atom. The van der Waals surface area contributed by atoms with Gasteiger partial charge in [-0.1, -0.05) is 19.3 Å². The Bertz CT molecular complexity index is 359. The Hall–Kier alpha value is -0.990. The molecule has 2 aliphatic rings. The molecular weight excluding hydrogens is 198 g/mol. The van der Waals surface area contributed by atoms with Gasteiger partial charge in [0.25, 0.3) is 0 Å². The van der Waals surface area contributed by atoms with Crippen molar-refractivity contribution in [2.24, 2.45) is 0 Å². The van der Waals surface area contributed by atoms with Crippen molar-refractivity contribution in [3.8, 4) is 0 Å². The van der Waals surface area contributed by atoms with Crippen molar-refractivity contribution in [1.82, 2.24) is 9.55 Å². The molecule has 0 unspecified atom stereocenters. The van der Waals surface area contributed by atoms with Crippen LogP contribution >= 0.6 is 0 Å². The zero-order chi connectivity index (χ0) is 11.0. The number of nitrogens with one attached hydrogen (secondary N) is 1. The van der Waals surface area contributed by atoms with Gasteiger partial charge in [0.05, 0.1) is 0 Å². The van der Waals surface area contributed by atoms with Gasteiger partial charge in [0.15, 0.2) is 0 Å². The molecule has 0 radical (unpaired) electrons. The number of aromatic nitrogens is 2. The van der Waals surface area contributed by atoms with Crippen LogP contribution in [0.25, 0.3) is 0 Å². The molecule has 1 heterocycles. The quantitative estimate of drug-likeness (QED) is 0.845. The third-order valence-electron chi connectivity index (χ3n) is 3.98. The van der Waals surface area contributed by atoms with E-state index < -0.39 is 0 Å². The van der Waals surface area contributed by atoms with Crippen LogP contribution in [0, 0.1) is 0 Å². The zero-order valence-electron chi connectivity index (χ0n) is 10.1. The maximum absolute atomic E-state index is 4.47. The van der Waals surface area contributed by atoms with Crippen molar-refractivity contribution < 1.29 is 0 Å². The smallest absolute Gasteiger partial charge is 0.203 e. The molecule has 0 saturated heterocycles. The van der Waals surface area contributed by atoms with Crippen LogP contribution in [0.15, 0.2) is 12.4 Å². The van der Waals surface area contributed by atoms with E-state index in [2.05, 4.69) is 28.0 Å². The maximum atomic E-state index is 4.47. The molecule has 1 aromatic rings. The van der Waals surface area contributed by atoms with Gasteiger partial charge in [-0.05, 0) is 32.6 Å². The Morgan fingerprint density at radius 2 is 2.06 bits per heavy atom. The molecule has 0 atom stereocenters. The Kier molecular flexibility index (Phi) is 2.41. The summed E-state index contributed by atoms with van der Waals surface area (Å²) in [7, 11) is 0. The van der Waals surface area contributed by atoms with E-state index in [1.54, 1.807) is 0 Å². The van der Waals surface area contributed by atoms with Crippen molar-refractivity contribution >= 4 is 5.95 Å². The standard InChI is InChI=1S/C13H21N3/c1-13(7-3-2-4-8-13)15-12-14-9-10-16(12)11-5-6-11/h9-11H,2-8H2,1H3,(H,14,15). The van der Waals surface area contributed by atoms with Crippen LogP contribution in [0.5, 0.6) is 0 Å². The highest BCUT2D eigenvalue weighted by molar-refractivity contribution is 5.32. The summed E-state index contributed by atoms with van der Waals surface area (Å²) in [4.78, 5) is 4.47. The van der Waals surface area contributed by atoms with E-state index in [4.69, 9.17) is 0 Å². The van der Waals surface area contributed by atoms with Gasteiger partial charge in [0.2, 0.25) is 5.95 Å². The largest absolute Gasteiger partial charge is 0.350 e. The summed E-state index contributed by atoms with van der Waals surface area (Å²) < 4.78 is 2.32. The molecule has 3 rings (SSSR count). The minimum atomic E-state index is 0.274. The first-order chi connectivity index (χ1) is 7.77. The van der Waals surface area contributed by atoms with Crippen molar-refractivity contribution in [1.29, 1.82) is 0 Å². The molecule has 0 bridgehead atoms. The van der Waals surface area contributed by atoms with Crippen LogP contribution in [0.3, 0.4) is 0 Å². The molecule has 16 heavy (non-hydrogen) atoms. The van der Waals surface area contributed by atoms with E-state index in [0.29, 0.717) is 0 Å². The second kappa shape index (κ2) is 3.79. The second-order valence-electron chi connectivity index (χ2n) is 5.64. The number of anilines is 1. The van der Waals surface area contributed by atoms with E-state index in [-0.39, 0.29) is 5.54 Å². The molecule has 1 N–H and O–H groups in total. The van der Waals surface area contributed by atoms with Crippen LogP contribution in [-0.4, -0.2) is 15.1 Å². The fourth-order valence-corrected chi connectivity index (χ4v) is 2.78. The van der Waals surface area contributed by atoms with Gasteiger partial charge in [-0.2, -0.15) is 0 Å². The van der Waals surface area contributed by atoms with Gasteiger partial charge in [-0.15, -0.1) is 0 Å². The van der Waals surface area contributed by atoms with Gasteiger partial charge < -0.3 is 9.88 Å². The molecular formula is C13H21N3. The molecule has 3 nitrogen and oxygen atoms in total. The normalized spacial score (nSPS) is 24.3. The molecule has 3 heteroatoms. The van der Waals surface area contributed by atoms with E-state index in [9.17, 15) is 0 Å². The zero-order valence-corrected chi connectivity index (χ0v) is 10.1. The number of nitrogens with zero attached hydrogens (tertiary/aromatic N) is 2. The topological polar surface area (TPSA) is 29.9 Å². The molecule has 2 aliphatic carbocycles. The van der Waals surface area contributed by atoms with Crippen LogP contribution < -0.4 is 5.32 Å². The molecule has 2 saturated carbocycles. The lowest BCUT2D eigenvalue weighted by molar-refractivity contribution is 0.346. The van der Waals surface area contributed by atoms with Gasteiger partial charge >= 0.3 is 0 Å². The molecule has 88 valence electrons. The molecule has 1 aromatic heterocycles. The maximum Gasteiger partial charge on any atom is 0.203 e. The Balaban J connectivity index is 1.74. The van der Waals surface area contributed by atoms with Crippen LogP contribution in [-0.2, 0) is 0 Å². The number of rotatable bonds is 3. The highest BCUT2D eigenvalue weighted by Gasteiger charge is 2.30. The van der Waals surface area contributed by atoms with Crippen molar-refractivity contribution in [3.05, 3.63) is 12.4 Å². The fourth-order valence-electron chi connectivity index (χ4n) is 2.78. The highest BCUT2D eigenvalue weighted by atomic mass is 15.2. The van der Waals surface area contributed by atoms with E-state index in [1.165, 1.54) is 44.9 Å². The van der Waals surface area contributed by atoms with Gasteiger partial charge in [-0.3, -0.25) is 0 Å². The first-order valence-electron chi connectivity index (χ1n) is 6.58. The summed E-state index contributed by atoms with van der Waals surface area (Å²) in [6.07, 6.45) is 13.4. The number of imidazole rings is 1. The molecule has 0 aliphatic heterocycles. The Labute approximate surface area is 97.3 Å². The first kappa shape index (κ1) is 10.2. The van der Waals surface area contributed by atoms with Crippen LogP contribution in [0.2, 0.25) is 0 Å². The molecule has 0 amide bonds. The van der Waals surface area contributed by atoms with Crippen LogP contribution in [0.1, 0.15) is 57.9 Å². The lowest BCUT2D eigenvalue weighted by Gasteiger charge is -2.35. The average Bonchev–Trinajstić information content (AvgIpc) is 3.01. The summed E-state index contributed by atoms with van der Waals surface area (Å²) in [6.45, 7) is 2.35.